The molecule has 0 radical (unpaired) electrons. The molecule has 2 aliphatic rings. The highest BCUT2D eigenvalue weighted by Crippen LogP contribution is 2.32. The molecule has 2 unspecified atom stereocenters. The number of amides is 1. The van der Waals surface area contributed by atoms with Gasteiger partial charge in [-0.05, 0) is 58.9 Å². The maximum Gasteiger partial charge on any atom is 0.407 e. The molecule has 2 atom stereocenters. The summed E-state index contributed by atoms with van der Waals surface area (Å²) in [4.78, 5) is 11.9. The zero-order valence-electron chi connectivity index (χ0n) is 13.7. The summed E-state index contributed by atoms with van der Waals surface area (Å²) in [6, 6.07) is 0.781. The molecule has 1 aliphatic heterocycles. The first-order valence-electron chi connectivity index (χ1n) is 8.37. The lowest BCUT2D eigenvalue weighted by molar-refractivity contribution is 0.0497. The molecule has 5 heteroatoms. The van der Waals surface area contributed by atoms with Gasteiger partial charge in [-0.3, -0.25) is 0 Å². The minimum Gasteiger partial charge on any atom is -0.444 e. The Kier molecular flexibility index (Phi) is 5.88. The molecule has 1 saturated carbocycles. The van der Waals surface area contributed by atoms with E-state index in [1.54, 1.807) is 0 Å². The molecule has 3 N–H and O–H groups in total. The lowest BCUT2D eigenvalue weighted by Gasteiger charge is -2.26. The van der Waals surface area contributed by atoms with E-state index in [-0.39, 0.29) is 12.1 Å². The maximum absolute atomic E-state index is 11.9. The first-order chi connectivity index (χ1) is 9.94. The van der Waals surface area contributed by atoms with Crippen molar-refractivity contribution in [2.45, 2.75) is 70.6 Å². The van der Waals surface area contributed by atoms with Gasteiger partial charge in [0.1, 0.15) is 5.60 Å². The summed E-state index contributed by atoms with van der Waals surface area (Å²) >= 11 is 0. The highest BCUT2D eigenvalue weighted by molar-refractivity contribution is 5.68. The van der Waals surface area contributed by atoms with E-state index in [4.69, 9.17) is 4.74 Å². The first-order valence-corrected chi connectivity index (χ1v) is 8.37. The minimum absolute atomic E-state index is 0.198. The van der Waals surface area contributed by atoms with Crippen molar-refractivity contribution in [3.63, 3.8) is 0 Å². The molecule has 21 heavy (non-hydrogen) atoms. The lowest BCUT2D eigenvalue weighted by Crippen LogP contribution is -2.48. The summed E-state index contributed by atoms with van der Waals surface area (Å²) in [6.07, 6.45) is 5.99. The summed E-state index contributed by atoms with van der Waals surface area (Å²) in [7, 11) is 0. The number of ether oxygens (including phenoxy) is 1. The Balaban J connectivity index is 1.68. The van der Waals surface area contributed by atoms with Crippen LogP contribution in [-0.2, 0) is 4.74 Å². The van der Waals surface area contributed by atoms with Crippen LogP contribution in [0.5, 0.6) is 0 Å². The van der Waals surface area contributed by atoms with Gasteiger partial charge in [-0.15, -0.1) is 0 Å². The van der Waals surface area contributed by atoms with E-state index in [2.05, 4.69) is 16.0 Å². The van der Waals surface area contributed by atoms with Crippen LogP contribution in [0.2, 0.25) is 0 Å². The molecule has 2 rings (SSSR count). The summed E-state index contributed by atoms with van der Waals surface area (Å²) in [6.45, 7) is 8.64. The second kappa shape index (κ2) is 7.45. The fraction of sp³-hybridized carbons (Fsp3) is 0.938. The maximum atomic E-state index is 11.9. The second-order valence-electron chi connectivity index (χ2n) is 7.40. The fourth-order valence-corrected chi connectivity index (χ4v) is 2.80. The Morgan fingerprint density at radius 2 is 2.05 bits per heavy atom. The molecule has 0 aromatic carbocycles. The Morgan fingerprint density at radius 1 is 1.29 bits per heavy atom. The summed E-state index contributed by atoms with van der Waals surface area (Å²) < 4.78 is 5.35. The van der Waals surface area contributed by atoms with Crippen LogP contribution in [0, 0.1) is 5.92 Å². The van der Waals surface area contributed by atoms with Crippen LogP contribution in [0.15, 0.2) is 0 Å². The molecule has 5 nitrogen and oxygen atoms in total. The third kappa shape index (κ3) is 6.66. The summed E-state index contributed by atoms with van der Waals surface area (Å²) in [5.41, 5.74) is -0.433. The van der Waals surface area contributed by atoms with Crippen LogP contribution in [0.4, 0.5) is 4.79 Å². The predicted molar refractivity (Wildman–Crippen MR) is 84.4 cm³/mol. The Labute approximate surface area is 128 Å². The average Bonchev–Trinajstić information content (AvgIpc) is 3.21. The zero-order valence-corrected chi connectivity index (χ0v) is 13.7. The van der Waals surface area contributed by atoms with Gasteiger partial charge in [0.15, 0.2) is 0 Å². The van der Waals surface area contributed by atoms with E-state index in [0.717, 1.165) is 19.6 Å². The van der Waals surface area contributed by atoms with Gasteiger partial charge in [-0.1, -0.05) is 6.42 Å². The van der Waals surface area contributed by atoms with Crippen molar-refractivity contribution in [3.8, 4) is 0 Å². The topological polar surface area (TPSA) is 62.4 Å². The van der Waals surface area contributed by atoms with E-state index >= 15 is 0 Å². The minimum atomic E-state index is -0.433. The number of carbonyl (C=O) groups is 1. The molecule has 1 amide bonds. The first kappa shape index (κ1) is 16.6. The average molecular weight is 297 g/mol. The van der Waals surface area contributed by atoms with Crippen molar-refractivity contribution in [1.82, 2.24) is 16.0 Å². The van der Waals surface area contributed by atoms with Crippen LogP contribution < -0.4 is 16.0 Å². The van der Waals surface area contributed by atoms with E-state index in [1.165, 1.54) is 32.1 Å². The van der Waals surface area contributed by atoms with Crippen molar-refractivity contribution in [1.29, 1.82) is 0 Å². The van der Waals surface area contributed by atoms with E-state index in [0.29, 0.717) is 12.0 Å². The lowest BCUT2D eigenvalue weighted by atomic mass is 10.0. The Hall–Kier alpha value is -0.810. The SMILES string of the molecule is CC(C)(C)OC(=O)NC(CNCC1CCCCN1)C1CC1. The van der Waals surface area contributed by atoms with Crippen molar-refractivity contribution in [2.75, 3.05) is 19.6 Å². The highest BCUT2D eigenvalue weighted by Gasteiger charge is 2.33. The third-order valence-electron chi connectivity index (χ3n) is 4.06. The monoisotopic (exact) mass is 297 g/mol. The zero-order chi connectivity index (χ0) is 15.3. The molecular formula is C16H31N3O2. The number of piperidine rings is 1. The molecule has 1 saturated heterocycles. The van der Waals surface area contributed by atoms with Crippen LogP contribution in [0.1, 0.15) is 52.9 Å². The van der Waals surface area contributed by atoms with Gasteiger partial charge in [0.05, 0.1) is 0 Å². The van der Waals surface area contributed by atoms with Gasteiger partial charge in [-0.25, -0.2) is 4.79 Å². The molecule has 0 bridgehead atoms. The number of hydrogen-bond donors (Lipinski definition) is 3. The summed E-state index contributed by atoms with van der Waals surface area (Å²) in [5, 5.41) is 10.1. The van der Waals surface area contributed by atoms with Gasteiger partial charge in [0.25, 0.3) is 0 Å². The predicted octanol–water partition coefficient (Wildman–Crippen LogP) is 2.02. The van der Waals surface area contributed by atoms with Crippen LogP contribution in [0.25, 0.3) is 0 Å². The number of rotatable bonds is 6. The Morgan fingerprint density at radius 3 is 2.62 bits per heavy atom. The quantitative estimate of drug-likeness (QED) is 0.702. The van der Waals surface area contributed by atoms with E-state index in [9.17, 15) is 4.79 Å². The van der Waals surface area contributed by atoms with Gasteiger partial charge >= 0.3 is 6.09 Å². The van der Waals surface area contributed by atoms with Crippen molar-refractivity contribution >= 4 is 6.09 Å². The number of hydrogen-bond acceptors (Lipinski definition) is 4. The summed E-state index contributed by atoms with van der Waals surface area (Å²) in [5.74, 6) is 0.615. The fourth-order valence-electron chi connectivity index (χ4n) is 2.80. The van der Waals surface area contributed by atoms with Gasteiger partial charge in [-0.2, -0.15) is 0 Å². The largest absolute Gasteiger partial charge is 0.444 e. The van der Waals surface area contributed by atoms with Gasteiger partial charge in [0.2, 0.25) is 0 Å². The molecule has 122 valence electrons. The number of carbonyl (C=O) groups excluding carboxylic acids is 1. The van der Waals surface area contributed by atoms with Crippen molar-refractivity contribution in [2.24, 2.45) is 5.92 Å². The Bertz CT molecular complexity index is 331. The smallest absolute Gasteiger partial charge is 0.407 e. The van der Waals surface area contributed by atoms with Crippen LogP contribution >= 0.6 is 0 Å². The van der Waals surface area contributed by atoms with E-state index in [1.807, 2.05) is 20.8 Å². The number of nitrogens with one attached hydrogen (secondary N) is 3. The van der Waals surface area contributed by atoms with E-state index < -0.39 is 5.60 Å². The normalized spacial score (nSPS) is 24.4. The second-order valence-corrected chi connectivity index (χ2v) is 7.40. The molecule has 0 spiro atoms. The highest BCUT2D eigenvalue weighted by atomic mass is 16.6. The van der Waals surface area contributed by atoms with Crippen LogP contribution in [0.3, 0.4) is 0 Å². The van der Waals surface area contributed by atoms with Gasteiger partial charge < -0.3 is 20.7 Å². The van der Waals surface area contributed by atoms with Crippen molar-refractivity contribution in [3.05, 3.63) is 0 Å². The molecule has 1 heterocycles. The van der Waals surface area contributed by atoms with Crippen LogP contribution in [-0.4, -0.2) is 43.4 Å². The molecule has 0 aromatic heterocycles. The molecular weight excluding hydrogens is 266 g/mol. The molecule has 1 aliphatic carbocycles. The number of alkyl carbamates (subject to hydrolysis) is 1. The standard InChI is InChI=1S/C16H31N3O2/c1-16(2,3)21-15(20)19-14(12-7-8-12)11-17-10-13-6-4-5-9-18-13/h12-14,17-18H,4-11H2,1-3H3,(H,19,20). The van der Waals surface area contributed by atoms with Crippen molar-refractivity contribution < 1.29 is 9.53 Å². The molecule has 0 aromatic rings. The third-order valence-corrected chi connectivity index (χ3v) is 4.06. The van der Waals surface area contributed by atoms with Gasteiger partial charge in [0, 0.05) is 25.2 Å². The molecule has 2 fully saturated rings.